The van der Waals surface area contributed by atoms with Crippen molar-refractivity contribution in [2.75, 3.05) is 19.0 Å². The number of nitrogens with one attached hydrogen (secondary N) is 1. The summed E-state index contributed by atoms with van der Waals surface area (Å²) in [5, 5.41) is 7.48. The van der Waals surface area contributed by atoms with Crippen LogP contribution >= 0.6 is 0 Å². The van der Waals surface area contributed by atoms with E-state index in [1.807, 2.05) is 13.8 Å². The lowest BCUT2D eigenvalue weighted by atomic mass is 10.1. The van der Waals surface area contributed by atoms with Crippen LogP contribution in [-0.2, 0) is 4.74 Å². The monoisotopic (exact) mass is 468 g/mol. The molecular formula is C24H26F2N6O2. The molecule has 1 N–H and O–H groups in total. The van der Waals surface area contributed by atoms with Crippen molar-refractivity contribution in [3.05, 3.63) is 66.1 Å². The molecule has 0 saturated heterocycles. The van der Waals surface area contributed by atoms with E-state index in [-0.39, 0.29) is 11.6 Å². The molecule has 1 aromatic carbocycles. The number of halogens is 2. The topological polar surface area (TPSA) is 86.5 Å². The number of fused-ring (bicyclic) bond motifs is 1. The second-order valence-corrected chi connectivity index (χ2v) is 8.46. The largest absolute Gasteiger partial charge is 0.463 e. The molecule has 4 aromatic rings. The van der Waals surface area contributed by atoms with E-state index in [4.69, 9.17) is 9.47 Å². The Kier molecular flexibility index (Phi) is 6.69. The van der Waals surface area contributed by atoms with Gasteiger partial charge in [-0.25, -0.2) is 18.3 Å². The summed E-state index contributed by atoms with van der Waals surface area (Å²) in [6, 6.07) is 6.63. The van der Waals surface area contributed by atoms with Gasteiger partial charge in [-0.1, -0.05) is 6.07 Å². The Morgan fingerprint density at radius 3 is 2.76 bits per heavy atom. The maximum Gasteiger partial charge on any atom is 0.318 e. The minimum atomic E-state index is -0.639. The Bertz CT molecular complexity index is 1290. The van der Waals surface area contributed by atoms with Crippen LogP contribution in [0.4, 0.5) is 14.6 Å². The van der Waals surface area contributed by atoms with Crippen molar-refractivity contribution in [2.24, 2.45) is 0 Å². The van der Waals surface area contributed by atoms with E-state index in [2.05, 4.69) is 25.4 Å². The van der Waals surface area contributed by atoms with E-state index in [1.54, 1.807) is 49.3 Å². The van der Waals surface area contributed by atoms with Gasteiger partial charge in [-0.15, -0.1) is 0 Å². The molecule has 8 nitrogen and oxygen atoms in total. The van der Waals surface area contributed by atoms with Crippen molar-refractivity contribution in [1.82, 2.24) is 24.6 Å². The summed E-state index contributed by atoms with van der Waals surface area (Å²) in [5.41, 5.74) is 1.80. The lowest BCUT2D eigenvalue weighted by Gasteiger charge is -2.22. The first-order chi connectivity index (χ1) is 16.3. The number of aromatic nitrogens is 5. The van der Waals surface area contributed by atoms with Crippen molar-refractivity contribution in [3.8, 4) is 17.3 Å². The Labute approximate surface area is 196 Å². The maximum absolute atomic E-state index is 14.3. The fourth-order valence-electron chi connectivity index (χ4n) is 3.35. The molecule has 3 heterocycles. The van der Waals surface area contributed by atoms with Crippen LogP contribution in [0.2, 0.25) is 0 Å². The average Bonchev–Trinajstić information content (AvgIpc) is 3.23. The van der Waals surface area contributed by atoms with E-state index in [0.29, 0.717) is 41.3 Å². The van der Waals surface area contributed by atoms with Crippen molar-refractivity contribution in [1.29, 1.82) is 0 Å². The van der Waals surface area contributed by atoms with Gasteiger partial charge < -0.3 is 14.8 Å². The van der Waals surface area contributed by atoms with Crippen LogP contribution < -0.4 is 10.1 Å². The van der Waals surface area contributed by atoms with Gasteiger partial charge in [0.2, 0.25) is 0 Å². The van der Waals surface area contributed by atoms with Crippen LogP contribution in [0.25, 0.3) is 16.9 Å². The minimum Gasteiger partial charge on any atom is -0.463 e. The number of hydrogen-bond donors (Lipinski definition) is 1. The summed E-state index contributed by atoms with van der Waals surface area (Å²) in [6.07, 6.45) is 5.74. The van der Waals surface area contributed by atoms with E-state index < -0.39 is 17.7 Å². The first kappa shape index (κ1) is 23.5. The van der Waals surface area contributed by atoms with Gasteiger partial charge in [0.05, 0.1) is 35.7 Å². The van der Waals surface area contributed by atoms with Gasteiger partial charge in [0.15, 0.2) is 5.65 Å². The second kappa shape index (κ2) is 9.68. The van der Waals surface area contributed by atoms with E-state index in [0.717, 1.165) is 6.07 Å². The number of rotatable bonds is 9. The third-order valence-corrected chi connectivity index (χ3v) is 5.54. The highest BCUT2D eigenvalue weighted by Crippen LogP contribution is 2.28. The first-order valence-corrected chi connectivity index (χ1v) is 10.8. The standard InChI is InChI=1S/C24H26F2N6O2/c1-15(17-7-6-16(25)12-19(17)26)29-21-13-20(18-14-28-32-10-5-9-27-22(18)32)30-23(31-21)34-11-8-24(2,3)33-4/h5-7,9-10,12-15H,8,11H2,1-4H3,(H,29,30,31)/t15-/m0/s1. The zero-order valence-electron chi connectivity index (χ0n) is 19.4. The van der Waals surface area contributed by atoms with Crippen LogP contribution in [-0.4, -0.2) is 43.9 Å². The Balaban J connectivity index is 1.66. The summed E-state index contributed by atoms with van der Waals surface area (Å²) in [6.45, 7) is 6.02. The molecule has 0 amide bonds. The molecule has 0 fully saturated rings. The summed E-state index contributed by atoms with van der Waals surface area (Å²) in [5.74, 6) is -0.857. The maximum atomic E-state index is 14.3. The highest BCUT2D eigenvalue weighted by atomic mass is 19.1. The lowest BCUT2D eigenvalue weighted by Crippen LogP contribution is -2.25. The number of methoxy groups -OCH3 is 1. The molecule has 34 heavy (non-hydrogen) atoms. The molecule has 3 aromatic heterocycles. The zero-order valence-corrected chi connectivity index (χ0v) is 19.4. The lowest BCUT2D eigenvalue weighted by molar-refractivity contribution is 0.00469. The Morgan fingerprint density at radius 1 is 1.18 bits per heavy atom. The number of nitrogens with zero attached hydrogens (tertiary/aromatic N) is 5. The number of benzene rings is 1. The van der Waals surface area contributed by atoms with Gasteiger partial charge >= 0.3 is 6.01 Å². The summed E-state index contributed by atoms with van der Waals surface area (Å²) >= 11 is 0. The van der Waals surface area contributed by atoms with E-state index in [1.165, 1.54) is 12.1 Å². The molecule has 0 radical (unpaired) electrons. The quantitative estimate of drug-likeness (QED) is 0.376. The van der Waals surface area contributed by atoms with Gasteiger partial charge in [-0.05, 0) is 32.9 Å². The number of ether oxygens (including phenoxy) is 2. The molecule has 0 saturated carbocycles. The molecule has 0 bridgehead atoms. The van der Waals surface area contributed by atoms with Crippen molar-refractivity contribution in [3.63, 3.8) is 0 Å². The Hall–Kier alpha value is -3.66. The van der Waals surface area contributed by atoms with Crippen molar-refractivity contribution < 1.29 is 18.3 Å². The molecular weight excluding hydrogens is 442 g/mol. The average molecular weight is 469 g/mol. The molecule has 4 rings (SSSR count). The van der Waals surface area contributed by atoms with Crippen molar-refractivity contribution >= 4 is 11.5 Å². The van der Waals surface area contributed by atoms with Gasteiger partial charge in [0, 0.05) is 43.6 Å². The normalized spacial score (nSPS) is 12.6. The Morgan fingerprint density at radius 2 is 2.00 bits per heavy atom. The fraction of sp³-hybridized carbons (Fsp3) is 0.333. The third-order valence-electron chi connectivity index (χ3n) is 5.54. The van der Waals surface area contributed by atoms with Crippen LogP contribution in [0.3, 0.4) is 0 Å². The summed E-state index contributed by atoms with van der Waals surface area (Å²) in [7, 11) is 1.65. The molecule has 178 valence electrons. The van der Waals surface area contributed by atoms with Gasteiger partial charge in [0.1, 0.15) is 17.5 Å². The smallest absolute Gasteiger partial charge is 0.318 e. The number of hydrogen-bond acceptors (Lipinski definition) is 7. The second-order valence-electron chi connectivity index (χ2n) is 8.46. The van der Waals surface area contributed by atoms with Crippen LogP contribution in [0.15, 0.2) is 48.9 Å². The molecule has 0 aliphatic heterocycles. The highest BCUT2D eigenvalue weighted by Gasteiger charge is 2.19. The fourth-order valence-corrected chi connectivity index (χ4v) is 3.35. The molecule has 1 atom stereocenters. The number of anilines is 1. The molecule has 0 aliphatic carbocycles. The SMILES string of the molecule is COC(C)(C)CCOc1nc(N[C@@H](C)c2ccc(F)cc2F)cc(-c2cnn3cccnc23)n1. The van der Waals surface area contributed by atoms with E-state index >= 15 is 0 Å². The zero-order chi connectivity index (χ0) is 24.3. The van der Waals surface area contributed by atoms with Crippen molar-refractivity contribution in [2.45, 2.75) is 38.8 Å². The molecule has 0 spiro atoms. The molecule has 0 aliphatic rings. The summed E-state index contributed by atoms with van der Waals surface area (Å²) < 4.78 is 40.6. The van der Waals surface area contributed by atoms with Gasteiger partial charge in [-0.2, -0.15) is 15.1 Å². The van der Waals surface area contributed by atoms with Gasteiger partial charge in [0.25, 0.3) is 0 Å². The van der Waals surface area contributed by atoms with Gasteiger partial charge in [-0.3, -0.25) is 0 Å². The third kappa shape index (κ3) is 5.28. The predicted octanol–water partition coefficient (Wildman–Crippen LogP) is 4.83. The molecule has 0 unspecified atom stereocenters. The molecule has 10 heteroatoms. The first-order valence-electron chi connectivity index (χ1n) is 10.8. The predicted molar refractivity (Wildman–Crippen MR) is 124 cm³/mol. The highest BCUT2D eigenvalue weighted by molar-refractivity contribution is 5.75. The van der Waals surface area contributed by atoms with Crippen LogP contribution in [0, 0.1) is 11.6 Å². The minimum absolute atomic E-state index is 0.147. The van der Waals surface area contributed by atoms with E-state index in [9.17, 15) is 8.78 Å². The van der Waals surface area contributed by atoms with Crippen LogP contribution in [0.1, 0.15) is 38.8 Å². The summed E-state index contributed by atoms with van der Waals surface area (Å²) in [4.78, 5) is 13.4. The van der Waals surface area contributed by atoms with Crippen LogP contribution in [0.5, 0.6) is 6.01 Å².